The third kappa shape index (κ3) is 5.00. The number of rotatable bonds is 4. The second kappa shape index (κ2) is 6.50. The number of hydrogen-bond acceptors (Lipinski definition) is 5. The van der Waals surface area contributed by atoms with E-state index in [1.165, 1.54) is 0 Å². The quantitative estimate of drug-likeness (QED) is 0.738. The number of hydrogen-bond donors (Lipinski definition) is 2. The third-order valence-corrected chi connectivity index (χ3v) is 3.79. The molecule has 0 aromatic heterocycles. The van der Waals surface area contributed by atoms with E-state index in [0.717, 1.165) is 52.4 Å². The van der Waals surface area contributed by atoms with E-state index in [1.54, 1.807) is 0 Å². The van der Waals surface area contributed by atoms with Gasteiger partial charge in [0, 0.05) is 52.4 Å². The first kappa shape index (κ1) is 15.2. The largest absolute Gasteiger partial charge is 0.390 e. The molecule has 0 aromatic rings. The first-order valence-corrected chi connectivity index (χ1v) is 7.46. The summed E-state index contributed by atoms with van der Waals surface area (Å²) < 4.78 is 5.89. The summed E-state index contributed by atoms with van der Waals surface area (Å²) in [6.07, 6.45) is -0.0191. The van der Waals surface area contributed by atoms with Gasteiger partial charge in [-0.05, 0) is 20.8 Å². The average molecular weight is 271 g/mol. The van der Waals surface area contributed by atoms with Gasteiger partial charge >= 0.3 is 0 Å². The van der Waals surface area contributed by atoms with Gasteiger partial charge in [0.2, 0.25) is 0 Å². The van der Waals surface area contributed by atoms with Crippen molar-refractivity contribution in [2.45, 2.75) is 38.6 Å². The van der Waals surface area contributed by atoms with Crippen molar-refractivity contribution in [3.05, 3.63) is 0 Å². The molecule has 5 heteroatoms. The fraction of sp³-hybridized carbons (Fsp3) is 1.00. The van der Waals surface area contributed by atoms with Crippen molar-refractivity contribution in [3.8, 4) is 0 Å². The second-order valence-electron chi connectivity index (χ2n) is 6.59. The Hall–Kier alpha value is -0.200. The van der Waals surface area contributed by atoms with Crippen LogP contribution in [-0.4, -0.2) is 85.1 Å². The predicted molar refractivity (Wildman–Crippen MR) is 76.4 cm³/mol. The van der Waals surface area contributed by atoms with Crippen molar-refractivity contribution in [3.63, 3.8) is 0 Å². The van der Waals surface area contributed by atoms with Gasteiger partial charge in [0.1, 0.15) is 0 Å². The first-order valence-electron chi connectivity index (χ1n) is 7.46. The summed E-state index contributed by atoms with van der Waals surface area (Å²) in [4.78, 5) is 4.68. The van der Waals surface area contributed by atoms with Crippen molar-refractivity contribution in [1.82, 2.24) is 15.1 Å². The predicted octanol–water partition coefficient (Wildman–Crippen LogP) is -0.248. The molecule has 0 aliphatic carbocycles. The normalized spacial score (nSPS) is 31.3. The lowest BCUT2D eigenvalue weighted by molar-refractivity contribution is -0.134. The zero-order valence-electron chi connectivity index (χ0n) is 12.6. The summed E-state index contributed by atoms with van der Waals surface area (Å²) in [7, 11) is 0. The van der Waals surface area contributed by atoms with E-state index >= 15 is 0 Å². The Morgan fingerprint density at radius 3 is 2.53 bits per heavy atom. The van der Waals surface area contributed by atoms with Gasteiger partial charge < -0.3 is 15.2 Å². The van der Waals surface area contributed by atoms with E-state index in [9.17, 15) is 5.11 Å². The summed E-state index contributed by atoms with van der Waals surface area (Å²) in [6.45, 7) is 13.9. The number of nitrogens with zero attached hydrogens (tertiary/aromatic N) is 2. The minimum Gasteiger partial charge on any atom is -0.390 e. The Morgan fingerprint density at radius 2 is 1.89 bits per heavy atom. The molecule has 2 heterocycles. The van der Waals surface area contributed by atoms with Gasteiger partial charge in [0.15, 0.2) is 0 Å². The minimum absolute atomic E-state index is 0.105. The Labute approximate surface area is 116 Å². The van der Waals surface area contributed by atoms with Gasteiger partial charge in [-0.1, -0.05) is 0 Å². The van der Waals surface area contributed by atoms with Crippen LogP contribution < -0.4 is 5.32 Å². The topological polar surface area (TPSA) is 48.0 Å². The number of nitrogens with one attached hydrogen (secondary N) is 1. The zero-order chi connectivity index (χ0) is 13.9. The number of aliphatic hydroxyl groups is 1. The number of morpholine rings is 1. The molecular weight excluding hydrogens is 242 g/mol. The maximum Gasteiger partial charge on any atom is 0.0793 e. The molecule has 0 radical (unpaired) electrons. The SMILES string of the molecule is CC1CN(CC(O)CN2CCNCC2)CC(C)(C)O1. The molecule has 0 saturated carbocycles. The Morgan fingerprint density at radius 1 is 1.26 bits per heavy atom. The van der Waals surface area contributed by atoms with E-state index < -0.39 is 0 Å². The van der Waals surface area contributed by atoms with Crippen molar-refractivity contribution >= 4 is 0 Å². The van der Waals surface area contributed by atoms with Crippen molar-refractivity contribution in [1.29, 1.82) is 0 Å². The van der Waals surface area contributed by atoms with Gasteiger partial charge in [-0.3, -0.25) is 9.80 Å². The number of ether oxygens (including phenoxy) is 1. The molecule has 2 atom stereocenters. The van der Waals surface area contributed by atoms with Crippen LogP contribution in [-0.2, 0) is 4.74 Å². The molecule has 2 fully saturated rings. The Bertz CT molecular complexity index is 280. The van der Waals surface area contributed by atoms with Crippen LogP contribution in [0.3, 0.4) is 0 Å². The minimum atomic E-state index is -0.265. The van der Waals surface area contributed by atoms with E-state index in [2.05, 4.69) is 35.9 Å². The summed E-state index contributed by atoms with van der Waals surface area (Å²) in [5, 5.41) is 13.6. The molecule has 2 aliphatic heterocycles. The highest BCUT2D eigenvalue weighted by atomic mass is 16.5. The van der Waals surface area contributed by atoms with Crippen LogP contribution >= 0.6 is 0 Å². The van der Waals surface area contributed by atoms with Crippen molar-refractivity contribution in [2.75, 3.05) is 52.4 Å². The summed E-state index contributed by atoms with van der Waals surface area (Å²) >= 11 is 0. The molecule has 0 amide bonds. The number of aliphatic hydroxyl groups excluding tert-OH is 1. The van der Waals surface area contributed by atoms with Crippen molar-refractivity contribution in [2.24, 2.45) is 0 Å². The lowest BCUT2D eigenvalue weighted by atomic mass is 10.1. The molecule has 2 unspecified atom stereocenters. The lowest BCUT2D eigenvalue weighted by Gasteiger charge is -2.42. The standard InChI is InChI=1S/C14H29N3O2/c1-12-8-17(11-14(2,3)19-12)10-13(18)9-16-6-4-15-5-7-16/h12-13,15,18H,4-11H2,1-3H3. The molecule has 0 aromatic carbocycles. The molecule has 2 N–H and O–H groups in total. The molecular formula is C14H29N3O2. The molecule has 0 spiro atoms. The van der Waals surface area contributed by atoms with Crippen LogP contribution in [0.5, 0.6) is 0 Å². The van der Waals surface area contributed by atoms with Crippen LogP contribution in [0.4, 0.5) is 0 Å². The van der Waals surface area contributed by atoms with Crippen LogP contribution in [0.15, 0.2) is 0 Å². The maximum atomic E-state index is 10.3. The molecule has 0 bridgehead atoms. The number of piperazine rings is 1. The van der Waals surface area contributed by atoms with Crippen LogP contribution in [0.2, 0.25) is 0 Å². The smallest absolute Gasteiger partial charge is 0.0793 e. The van der Waals surface area contributed by atoms with Crippen LogP contribution in [0.1, 0.15) is 20.8 Å². The fourth-order valence-corrected chi connectivity index (χ4v) is 3.27. The third-order valence-electron chi connectivity index (χ3n) is 3.79. The van der Waals surface area contributed by atoms with Gasteiger partial charge in [0.05, 0.1) is 17.8 Å². The maximum absolute atomic E-state index is 10.3. The molecule has 2 aliphatic rings. The summed E-state index contributed by atoms with van der Waals surface area (Å²) in [6, 6.07) is 0. The van der Waals surface area contributed by atoms with E-state index in [4.69, 9.17) is 4.74 Å². The Balaban J connectivity index is 1.76. The first-order chi connectivity index (χ1) is 8.94. The van der Waals surface area contributed by atoms with Gasteiger partial charge in [-0.25, -0.2) is 0 Å². The second-order valence-corrected chi connectivity index (χ2v) is 6.59. The van der Waals surface area contributed by atoms with Crippen LogP contribution in [0, 0.1) is 0 Å². The molecule has 19 heavy (non-hydrogen) atoms. The van der Waals surface area contributed by atoms with Crippen LogP contribution in [0.25, 0.3) is 0 Å². The molecule has 2 saturated heterocycles. The summed E-state index contributed by atoms with van der Waals surface area (Å²) in [5.74, 6) is 0. The van der Waals surface area contributed by atoms with Crippen molar-refractivity contribution < 1.29 is 9.84 Å². The summed E-state index contributed by atoms with van der Waals surface area (Å²) in [5.41, 5.74) is -0.105. The fourth-order valence-electron chi connectivity index (χ4n) is 3.27. The van der Waals surface area contributed by atoms with E-state index in [0.29, 0.717) is 0 Å². The highest BCUT2D eigenvalue weighted by molar-refractivity contribution is 4.84. The van der Waals surface area contributed by atoms with Gasteiger partial charge in [-0.2, -0.15) is 0 Å². The van der Waals surface area contributed by atoms with E-state index in [-0.39, 0.29) is 17.8 Å². The zero-order valence-corrected chi connectivity index (χ0v) is 12.6. The number of β-amino-alcohol motifs (C(OH)–C–C–N with tert-alkyl or cyclic N) is 1. The van der Waals surface area contributed by atoms with Gasteiger partial charge in [0.25, 0.3) is 0 Å². The van der Waals surface area contributed by atoms with E-state index in [1.807, 2.05) is 0 Å². The Kier molecular flexibility index (Phi) is 5.20. The lowest BCUT2D eigenvalue weighted by Crippen LogP contribution is -2.55. The monoisotopic (exact) mass is 271 g/mol. The molecule has 112 valence electrons. The molecule has 5 nitrogen and oxygen atoms in total. The molecule has 2 rings (SSSR count). The highest BCUT2D eigenvalue weighted by Crippen LogP contribution is 2.20. The average Bonchev–Trinajstić information content (AvgIpc) is 2.26. The van der Waals surface area contributed by atoms with Gasteiger partial charge in [-0.15, -0.1) is 0 Å². The highest BCUT2D eigenvalue weighted by Gasteiger charge is 2.32.